The highest BCUT2D eigenvalue weighted by atomic mass is 15.2. The van der Waals surface area contributed by atoms with Gasteiger partial charge in [0.1, 0.15) is 5.82 Å². The average molecular weight is 222 g/mol. The number of hydrogen-bond donors (Lipinski definition) is 2. The Labute approximate surface area is 97.0 Å². The van der Waals surface area contributed by atoms with Crippen LogP contribution in [0.4, 0.5) is 0 Å². The maximum atomic E-state index is 6.00. The van der Waals surface area contributed by atoms with Gasteiger partial charge in [0, 0.05) is 5.92 Å². The van der Waals surface area contributed by atoms with Crippen molar-refractivity contribution in [1.82, 2.24) is 15.2 Å². The summed E-state index contributed by atoms with van der Waals surface area (Å²) >= 11 is 0. The van der Waals surface area contributed by atoms with Crippen LogP contribution in [0, 0.1) is 0 Å². The van der Waals surface area contributed by atoms with Gasteiger partial charge in [-0.05, 0) is 19.3 Å². The largest absolute Gasteiger partial charge is 0.321 e. The van der Waals surface area contributed by atoms with E-state index in [2.05, 4.69) is 22.1 Å². The maximum Gasteiger partial charge on any atom is 0.167 e. The third-order valence-electron chi connectivity index (χ3n) is 3.44. The zero-order valence-electron chi connectivity index (χ0n) is 10.1. The van der Waals surface area contributed by atoms with Crippen molar-refractivity contribution >= 4 is 0 Å². The van der Waals surface area contributed by atoms with Crippen LogP contribution < -0.4 is 5.73 Å². The van der Waals surface area contributed by atoms with E-state index in [4.69, 9.17) is 5.73 Å². The van der Waals surface area contributed by atoms with Gasteiger partial charge in [-0.15, -0.1) is 0 Å². The Hall–Kier alpha value is -0.900. The van der Waals surface area contributed by atoms with Gasteiger partial charge in [-0.2, -0.15) is 5.10 Å². The van der Waals surface area contributed by atoms with E-state index in [0.717, 1.165) is 24.5 Å². The molecule has 2 rings (SSSR count). The zero-order chi connectivity index (χ0) is 11.4. The molecule has 0 aromatic carbocycles. The Bertz CT molecular complexity index is 315. The molecule has 1 aromatic rings. The Kier molecular flexibility index (Phi) is 3.93. The fourth-order valence-corrected chi connectivity index (χ4v) is 2.45. The molecule has 0 aliphatic heterocycles. The second-order valence-electron chi connectivity index (χ2n) is 4.81. The third-order valence-corrected chi connectivity index (χ3v) is 3.44. The lowest BCUT2D eigenvalue weighted by molar-refractivity contribution is 0.429. The number of nitrogens with two attached hydrogens (primary N) is 1. The smallest absolute Gasteiger partial charge is 0.167 e. The minimum Gasteiger partial charge on any atom is -0.321 e. The number of nitrogens with zero attached hydrogens (tertiary/aromatic N) is 2. The highest BCUT2D eigenvalue weighted by Crippen LogP contribution is 2.30. The van der Waals surface area contributed by atoms with Crippen molar-refractivity contribution in [3.8, 4) is 0 Å². The van der Waals surface area contributed by atoms with Crippen LogP contribution in [0.1, 0.15) is 75.5 Å². The average Bonchev–Trinajstić information content (AvgIpc) is 2.80. The van der Waals surface area contributed by atoms with Gasteiger partial charge in [0.05, 0.1) is 6.04 Å². The fourth-order valence-electron chi connectivity index (χ4n) is 2.45. The molecule has 1 fully saturated rings. The molecular weight excluding hydrogens is 200 g/mol. The van der Waals surface area contributed by atoms with E-state index in [1.807, 2.05) is 0 Å². The van der Waals surface area contributed by atoms with Crippen LogP contribution in [-0.4, -0.2) is 15.2 Å². The summed E-state index contributed by atoms with van der Waals surface area (Å²) in [6, 6.07) is -0.00131. The molecule has 90 valence electrons. The lowest BCUT2D eigenvalue weighted by atomic mass is 9.89. The Morgan fingerprint density at radius 1 is 1.38 bits per heavy atom. The number of nitrogens with one attached hydrogen (secondary N) is 1. The van der Waals surface area contributed by atoms with Crippen molar-refractivity contribution in [2.75, 3.05) is 0 Å². The minimum atomic E-state index is -0.00131. The van der Waals surface area contributed by atoms with Crippen LogP contribution in [0.2, 0.25) is 0 Å². The molecule has 0 saturated heterocycles. The summed E-state index contributed by atoms with van der Waals surface area (Å²) < 4.78 is 0. The van der Waals surface area contributed by atoms with Gasteiger partial charge >= 0.3 is 0 Å². The molecule has 0 bridgehead atoms. The summed E-state index contributed by atoms with van der Waals surface area (Å²) in [5.41, 5.74) is 6.00. The molecular formula is C12H22N4. The summed E-state index contributed by atoms with van der Waals surface area (Å²) in [5, 5.41) is 7.32. The van der Waals surface area contributed by atoms with Crippen molar-refractivity contribution < 1.29 is 0 Å². The number of hydrogen-bond acceptors (Lipinski definition) is 3. The van der Waals surface area contributed by atoms with Crippen LogP contribution >= 0.6 is 0 Å². The molecule has 0 amide bonds. The molecule has 1 aliphatic carbocycles. The van der Waals surface area contributed by atoms with E-state index in [1.54, 1.807) is 0 Å². The van der Waals surface area contributed by atoms with Crippen LogP contribution in [0.25, 0.3) is 0 Å². The predicted octanol–water partition coefficient (Wildman–Crippen LogP) is 2.65. The number of rotatable bonds is 4. The first-order chi connectivity index (χ1) is 7.81. The Morgan fingerprint density at radius 2 is 2.12 bits per heavy atom. The van der Waals surface area contributed by atoms with Crippen molar-refractivity contribution in [1.29, 1.82) is 0 Å². The van der Waals surface area contributed by atoms with Gasteiger partial charge in [-0.25, -0.2) is 4.98 Å². The van der Waals surface area contributed by atoms with E-state index < -0.39 is 0 Å². The Morgan fingerprint density at radius 3 is 2.81 bits per heavy atom. The summed E-state index contributed by atoms with van der Waals surface area (Å²) in [6.45, 7) is 2.13. The first-order valence-electron chi connectivity index (χ1n) is 6.49. The minimum absolute atomic E-state index is 0.00131. The third kappa shape index (κ3) is 2.61. The molecule has 1 atom stereocenters. The van der Waals surface area contributed by atoms with Crippen molar-refractivity contribution in [2.45, 2.75) is 63.8 Å². The topological polar surface area (TPSA) is 67.6 Å². The molecule has 0 spiro atoms. The quantitative estimate of drug-likeness (QED) is 0.823. The molecule has 3 N–H and O–H groups in total. The monoisotopic (exact) mass is 222 g/mol. The summed E-state index contributed by atoms with van der Waals surface area (Å²) in [5.74, 6) is 2.44. The summed E-state index contributed by atoms with van der Waals surface area (Å²) in [6.07, 6.45) is 8.54. The zero-order valence-corrected chi connectivity index (χ0v) is 10.1. The molecule has 4 nitrogen and oxygen atoms in total. The molecule has 0 radical (unpaired) electrons. The molecule has 16 heavy (non-hydrogen) atoms. The first kappa shape index (κ1) is 11.6. The van der Waals surface area contributed by atoms with Gasteiger partial charge in [-0.3, -0.25) is 5.10 Å². The van der Waals surface area contributed by atoms with Gasteiger partial charge < -0.3 is 5.73 Å². The highest BCUT2D eigenvalue weighted by molar-refractivity contribution is 5.01. The van der Waals surface area contributed by atoms with Crippen LogP contribution in [0.5, 0.6) is 0 Å². The van der Waals surface area contributed by atoms with E-state index in [-0.39, 0.29) is 6.04 Å². The molecule has 1 aliphatic rings. The molecule has 1 unspecified atom stereocenters. The van der Waals surface area contributed by atoms with Crippen molar-refractivity contribution in [3.63, 3.8) is 0 Å². The van der Waals surface area contributed by atoms with E-state index in [9.17, 15) is 0 Å². The number of aromatic nitrogens is 3. The van der Waals surface area contributed by atoms with Gasteiger partial charge in [0.25, 0.3) is 0 Å². The van der Waals surface area contributed by atoms with Crippen LogP contribution in [0.15, 0.2) is 0 Å². The fraction of sp³-hybridized carbons (Fsp3) is 0.833. The van der Waals surface area contributed by atoms with Crippen molar-refractivity contribution in [2.24, 2.45) is 5.73 Å². The van der Waals surface area contributed by atoms with E-state index >= 15 is 0 Å². The van der Waals surface area contributed by atoms with E-state index in [1.165, 1.54) is 32.1 Å². The lowest BCUT2D eigenvalue weighted by Gasteiger charge is -2.18. The van der Waals surface area contributed by atoms with Crippen LogP contribution in [-0.2, 0) is 0 Å². The SMILES string of the molecule is CCCC(N)c1n[nH]c(C2CCCCC2)n1. The number of H-pyrrole nitrogens is 1. The normalized spacial score (nSPS) is 19.9. The number of aromatic amines is 1. The first-order valence-corrected chi connectivity index (χ1v) is 6.49. The Balaban J connectivity index is 2.00. The van der Waals surface area contributed by atoms with E-state index in [0.29, 0.717) is 5.92 Å². The summed E-state index contributed by atoms with van der Waals surface area (Å²) in [4.78, 5) is 4.56. The second-order valence-corrected chi connectivity index (χ2v) is 4.81. The highest BCUT2D eigenvalue weighted by Gasteiger charge is 2.20. The molecule has 4 heteroatoms. The lowest BCUT2D eigenvalue weighted by Crippen LogP contribution is -2.12. The van der Waals surface area contributed by atoms with Gasteiger partial charge in [-0.1, -0.05) is 32.6 Å². The van der Waals surface area contributed by atoms with Gasteiger partial charge in [0.2, 0.25) is 0 Å². The van der Waals surface area contributed by atoms with Crippen LogP contribution in [0.3, 0.4) is 0 Å². The predicted molar refractivity (Wildman–Crippen MR) is 64.0 cm³/mol. The maximum absolute atomic E-state index is 6.00. The van der Waals surface area contributed by atoms with Crippen molar-refractivity contribution in [3.05, 3.63) is 11.6 Å². The summed E-state index contributed by atoms with van der Waals surface area (Å²) in [7, 11) is 0. The second kappa shape index (κ2) is 5.43. The molecule has 1 saturated carbocycles. The molecule has 1 aromatic heterocycles. The van der Waals surface area contributed by atoms with Gasteiger partial charge in [0.15, 0.2) is 5.82 Å². The standard InChI is InChI=1S/C12H22N4/c1-2-6-10(13)12-14-11(15-16-12)9-7-4-3-5-8-9/h9-10H,2-8,13H2,1H3,(H,14,15,16). The molecule has 1 heterocycles.